The van der Waals surface area contributed by atoms with Crippen molar-refractivity contribution in [3.63, 3.8) is 0 Å². The molecule has 1 amide bonds. The average Bonchev–Trinajstić information content (AvgIpc) is 2.54. The van der Waals surface area contributed by atoms with Crippen LogP contribution < -0.4 is 5.32 Å². The van der Waals surface area contributed by atoms with Gasteiger partial charge in [0.2, 0.25) is 0 Å². The van der Waals surface area contributed by atoms with Gasteiger partial charge in [-0.2, -0.15) is 0 Å². The maximum absolute atomic E-state index is 13.3. The lowest BCUT2D eigenvalue weighted by Crippen LogP contribution is -2.24. The van der Waals surface area contributed by atoms with Gasteiger partial charge in [0.1, 0.15) is 18.2 Å². The van der Waals surface area contributed by atoms with Gasteiger partial charge in [-0.25, -0.2) is 9.18 Å². The maximum atomic E-state index is 13.3. The SMILES string of the molecule is Cc1cc(F)cc(C=CCNC(=O)OCc2ccccc2)c1O. The lowest BCUT2D eigenvalue weighted by atomic mass is 10.1. The smallest absolute Gasteiger partial charge is 0.407 e. The molecule has 0 aliphatic carbocycles. The molecule has 0 aliphatic rings. The first-order valence-corrected chi connectivity index (χ1v) is 7.16. The van der Waals surface area contributed by atoms with Crippen molar-refractivity contribution in [2.45, 2.75) is 13.5 Å². The number of benzene rings is 2. The monoisotopic (exact) mass is 315 g/mol. The molecule has 0 aromatic heterocycles. The van der Waals surface area contributed by atoms with Gasteiger partial charge < -0.3 is 15.2 Å². The fourth-order valence-corrected chi connectivity index (χ4v) is 1.99. The highest BCUT2D eigenvalue weighted by molar-refractivity contribution is 5.68. The maximum Gasteiger partial charge on any atom is 0.407 e. The largest absolute Gasteiger partial charge is 0.507 e. The number of amides is 1. The summed E-state index contributed by atoms with van der Waals surface area (Å²) < 4.78 is 18.3. The number of hydrogen-bond acceptors (Lipinski definition) is 3. The molecule has 0 unspecified atom stereocenters. The van der Waals surface area contributed by atoms with Crippen LogP contribution in [0, 0.1) is 12.7 Å². The van der Waals surface area contributed by atoms with E-state index in [0.717, 1.165) is 5.56 Å². The van der Waals surface area contributed by atoms with Crippen molar-refractivity contribution < 1.29 is 19.0 Å². The van der Waals surface area contributed by atoms with Crippen LogP contribution in [-0.4, -0.2) is 17.7 Å². The van der Waals surface area contributed by atoms with E-state index in [1.54, 1.807) is 19.1 Å². The number of nitrogens with one attached hydrogen (secondary N) is 1. The molecule has 4 nitrogen and oxygen atoms in total. The Labute approximate surface area is 134 Å². The minimum atomic E-state index is -0.543. The molecular weight excluding hydrogens is 297 g/mol. The molecule has 0 radical (unpaired) electrons. The zero-order valence-electron chi connectivity index (χ0n) is 12.8. The summed E-state index contributed by atoms with van der Waals surface area (Å²) in [4.78, 5) is 11.5. The highest BCUT2D eigenvalue weighted by Gasteiger charge is 2.04. The van der Waals surface area contributed by atoms with Gasteiger partial charge in [0.05, 0.1) is 0 Å². The fourth-order valence-electron chi connectivity index (χ4n) is 1.99. The highest BCUT2D eigenvalue weighted by atomic mass is 19.1. The van der Waals surface area contributed by atoms with Crippen molar-refractivity contribution in [1.29, 1.82) is 0 Å². The zero-order chi connectivity index (χ0) is 16.7. The van der Waals surface area contributed by atoms with E-state index >= 15 is 0 Å². The Morgan fingerprint density at radius 1 is 1.30 bits per heavy atom. The number of rotatable bonds is 5. The molecule has 0 atom stereocenters. The van der Waals surface area contributed by atoms with Gasteiger partial charge in [0.25, 0.3) is 0 Å². The van der Waals surface area contributed by atoms with Crippen molar-refractivity contribution in [3.05, 3.63) is 71.0 Å². The Balaban J connectivity index is 1.79. The number of alkyl carbamates (subject to hydrolysis) is 1. The third kappa shape index (κ3) is 5.14. The van der Waals surface area contributed by atoms with Crippen LogP contribution in [0.1, 0.15) is 16.7 Å². The Morgan fingerprint density at radius 3 is 2.78 bits per heavy atom. The highest BCUT2D eigenvalue weighted by Crippen LogP contribution is 2.24. The van der Waals surface area contributed by atoms with E-state index in [1.165, 1.54) is 12.1 Å². The number of hydrogen-bond donors (Lipinski definition) is 2. The number of ether oxygens (including phenoxy) is 1. The quantitative estimate of drug-likeness (QED) is 0.883. The Hall–Kier alpha value is -2.82. The third-order valence-corrected chi connectivity index (χ3v) is 3.17. The Kier molecular flexibility index (Phi) is 5.74. The second-order valence-electron chi connectivity index (χ2n) is 5.01. The minimum Gasteiger partial charge on any atom is -0.507 e. The summed E-state index contributed by atoms with van der Waals surface area (Å²) in [6, 6.07) is 11.8. The topological polar surface area (TPSA) is 58.6 Å². The minimum absolute atomic E-state index is 0.0225. The van der Waals surface area contributed by atoms with Crippen molar-refractivity contribution in [3.8, 4) is 5.75 Å². The van der Waals surface area contributed by atoms with E-state index in [-0.39, 0.29) is 18.9 Å². The molecule has 0 aliphatic heterocycles. The molecule has 5 heteroatoms. The number of phenols is 1. The summed E-state index contributed by atoms with van der Waals surface area (Å²) in [6.07, 6.45) is 2.61. The lowest BCUT2D eigenvalue weighted by molar-refractivity contribution is 0.141. The lowest BCUT2D eigenvalue weighted by Gasteiger charge is -2.06. The first kappa shape index (κ1) is 16.5. The first-order chi connectivity index (χ1) is 11.1. The third-order valence-electron chi connectivity index (χ3n) is 3.17. The summed E-state index contributed by atoms with van der Waals surface area (Å²) in [6.45, 7) is 2.03. The number of aryl methyl sites for hydroxylation is 1. The molecular formula is C18H18FNO3. The van der Waals surface area contributed by atoms with Crippen molar-refractivity contribution in [2.75, 3.05) is 6.54 Å². The van der Waals surface area contributed by atoms with Crippen LogP contribution in [0.4, 0.5) is 9.18 Å². The molecule has 2 aromatic rings. The van der Waals surface area contributed by atoms with Crippen LogP contribution in [0.3, 0.4) is 0 Å². The van der Waals surface area contributed by atoms with Crippen LogP contribution in [0.25, 0.3) is 6.08 Å². The zero-order valence-corrected chi connectivity index (χ0v) is 12.8. The van der Waals surface area contributed by atoms with Crippen LogP contribution in [-0.2, 0) is 11.3 Å². The molecule has 2 rings (SSSR count). The van der Waals surface area contributed by atoms with Crippen molar-refractivity contribution in [2.24, 2.45) is 0 Å². The van der Waals surface area contributed by atoms with E-state index in [4.69, 9.17) is 4.74 Å². The molecule has 0 saturated heterocycles. The van der Waals surface area contributed by atoms with Gasteiger partial charge in [-0.3, -0.25) is 0 Å². The average molecular weight is 315 g/mol. The first-order valence-electron chi connectivity index (χ1n) is 7.16. The van der Waals surface area contributed by atoms with Crippen molar-refractivity contribution in [1.82, 2.24) is 5.32 Å². The second kappa shape index (κ2) is 7.98. The molecule has 120 valence electrons. The van der Waals surface area contributed by atoms with Gasteiger partial charge >= 0.3 is 6.09 Å². The molecule has 2 N–H and O–H groups in total. The van der Waals surface area contributed by atoms with E-state index in [9.17, 15) is 14.3 Å². The number of carbonyl (C=O) groups is 1. The number of aromatic hydroxyl groups is 1. The summed E-state index contributed by atoms with van der Waals surface area (Å²) in [5.41, 5.74) is 1.72. The van der Waals surface area contributed by atoms with Gasteiger partial charge in [0, 0.05) is 12.1 Å². The van der Waals surface area contributed by atoms with Crippen LogP contribution in [0.2, 0.25) is 0 Å². The van der Waals surface area contributed by atoms with E-state index < -0.39 is 11.9 Å². The van der Waals surface area contributed by atoms with E-state index in [1.807, 2.05) is 30.3 Å². The molecule has 0 fully saturated rings. The van der Waals surface area contributed by atoms with E-state index in [0.29, 0.717) is 11.1 Å². The van der Waals surface area contributed by atoms with Crippen molar-refractivity contribution >= 4 is 12.2 Å². The molecule has 0 spiro atoms. The summed E-state index contributed by atoms with van der Waals surface area (Å²) in [7, 11) is 0. The van der Waals surface area contributed by atoms with Gasteiger partial charge in [-0.15, -0.1) is 0 Å². The molecule has 0 bridgehead atoms. The Morgan fingerprint density at radius 2 is 2.04 bits per heavy atom. The standard InChI is InChI=1S/C18H18FNO3/c1-13-10-16(19)11-15(17(13)21)8-5-9-20-18(22)23-12-14-6-3-2-4-7-14/h2-8,10-11,21H,9,12H2,1H3,(H,20,22). The second-order valence-corrected chi connectivity index (χ2v) is 5.01. The summed E-state index contributed by atoms with van der Waals surface area (Å²) in [5.74, 6) is -0.399. The fraction of sp³-hybridized carbons (Fsp3) is 0.167. The molecule has 0 heterocycles. The molecule has 2 aromatic carbocycles. The number of halogens is 1. The van der Waals surface area contributed by atoms with Gasteiger partial charge in [0.15, 0.2) is 0 Å². The van der Waals surface area contributed by atoms with Gasteiger partial charge in [-0.05, 0) is 30.2 Å². The predicted octanol–water partition coefficient (Wildman–Crippen LogP) is 3.78. The van der Waals surface area contributed by atoms with Crippen LogP contribution in [0.5, 0.6) is 5.75 Å². The normalized spacial score (nSPS) is 10.7. The summed E-state index contributed by atoms with van der Waals surface area (Å²) >= 11 is 0. The predicted molar refractivity (Wildman–Crippen MR) is 86.5 cm³/mol. The summed E-state index contributed by atoms with van der Waals surface area (Å²) in [5, 5.41) is 12.4. The number of phenolic OH excluding ortho intramolecular Hbond substituents is 1. The van der Waals surface area contributed by atoms with Gasteiger partial charge in [-0.1, -0.05) is 42.5 Å². The molecule has 23 heavy (non-hydrogen) atoms. The molecule has 0 saturated carbocycles. The van der Waals surface area contributed by atoms with E-state index in [2.05, 4.69) is 5.32 Å². The number of carbonyl (C=O) groups excluding carboxylic acids is 1. The van der Waals surface area contributed by atoms with Crippen LogP contribution in [0.15, 0.2) is 48.5 Å². The Bertz CT molecular complexity index is 699. The van der Waals surface area contributed by atoms with Crippen LogP contribution >= 0.6 is 0 Å².